The van der Waals surface area contributed by atoms with Gasteiger partial charge in [-0.05, 0) is 43.2 Å². The SMILES string of the molecule is CC(C)COc1cccc(C(=O)O[C@@H](C)C(=O)N2CCN(c3ccccc3)CC2)c1. The molecule has 1 saturated heterocycles. The minimum Gasteiger partial charge on any atom is -0.493 e. The van der Waals surface area contributed by atoms with E-state index in [1.54, 1.807) is 36.1 Å². The highest BCUT2D eigenvalue weighted by Gasteiger charge is 2.27. The van der Waals surface area contributed by atoms with Crippen LogP contribution in [-0.4, -0.2) is 55.7 Å². The van der Waals surface area contributed by atoms with Gasteiger partial charge in [0.2, 0.25) is 0 Å². The summed E-state index contributed by atoms with van der Waals surface area (Å²) in [7, 11) is 0. The van der Waals surface area contributed by atoms with Crippen molar-refractivity contribution >= 4 is 17.6 Å². The van der Waals surface area contributed by atoms with Crippen molar-refractivity contribution < 1.29 is 19.1 Å². The number of esters is 1. The van der Waals surface area contributed by atoms with Gasteiger partial charge in [0.1, 0.15) is 5.75 Å². The number of piperazine rings is 1. The van der Waals surface area contributed by atoms with Crippen molar-refractivity contribution in [2.75, 3.05) is 37.7 Å². The molecule has 160 valence electrons. The van der Waals surface area contributed by atoms with Crippen molar-refractivity contribution in [2.45, 2.75) is 26.9 Å². The first kappa shape index (κ1) is 21.7. The molecule has 2 aromatic carbocycles. The highest BCUT2D eigenvalue weighted by Crippen LogP contribution is 2.18. The number of benzene rings is 2. The Labute approximate surface area is 178 Å². The monoisotopic (exact) mass is 410 g/mol. The van der Waals surface area contributed by atoms with Crippen LogP contribution in [-0.2, 0) is 9.53 Å². The topological polar surface area (TPSA) is 59.1 Å². The molecule has 0 unspecified atom stereocenters. The third-order valence-corrected chi connectivity index (χ3v) is 5.00. The fourth-order valence-corrected chi connectivity index (χ4v) is 3.34. The van der Waals surface area contributed by atoms with Crippen molar-refractivity contribution in [3.05, 3.63) is 60.2 Å². The van der Waals surface area contributed by atoms with Gasteiger partial charge in [-0.2, -0.15) is 0 Å². The molecule has 0 bridgehead atoms. The number of anilines is 1. The van der Waals surface area contributed by atoms with Crippen LogP contribution in [0.15, 0.2) is 54.6 Å². The van der Waals surface area contributed by atoms with E-state index >= 15 is 0 Å². The molecule has 1 aliphatic heterocycles. The Morgan fingerprint density at radius 2 is 1.63 bits per heavy atom. The van der Waals surface area contributed by atoms with Crippen LogP contribution in [0, 0.1) is 5.92 Å². The summed E-state index contributed by atoms with van der Waals surface area (Å²) in [6.07, 6.45) is -0.832. The van der Waals surface area contributed by atoms with Crippen molar-refractivity contribution in [3.63, 3.8) is 0 Å². The fraction of sp³-hybridized carbons (Fsp3) is 0.417. The largest absolute Gasteiger partial charge is 0.493 e. The average Bonchev–Trinajstić information content (AvgIpc) is 2.78. The van der Waals surface area contributed by atoms with Crippen LogP contribution in [0.3, 0.4) is 0 Å². The van der Waals surface area contributed by atoms with Gasteiger partial charge in [-0.25, -0.2) is 4.79 Å². The molecule has 1 amide bonds. The first-order valence-corrected chi connectivity index (χ1v) is 10.5. The van der Waals surface area contributed by atoms with Gasteiger partial charge in [-0.3, -0.25) is 4.79 Å². The average molecular weight is 411 g/mol. The highest BCUT2D eigenvalue weighted by atomic mass is 16.5. The lowest BCUT2D eigenvalue weighted by atomic mass is 10.2. The van der Waals surface area contributed by atoms with E-state index in [0.29, 0.717) is 36.9 Å². The molecule has 1 aliphatic rings. The second-order valence-electron chi connectivity index (χ2n) is 7.93. The van der Waals surface area contributed by atoms with Crippen molar-refractivity contribution in [2.24, 2.45) is 5.92 Å². The van der Waals surface area contributed by atoms with E-state index in [4.69, 9.17) is 9.47 Å². The smallest absolute Gasteiger partial charge is 0.339 e. The number of nitrogens with zero attached hydrogens (tertiary/aromatic N) is 2. The minimum atomic E-state index is -0.832. The normalized spacial score (nSPS) is 15.1. The Balaban J connectivity index is 1.52. The number of ether oxygens (including phenoxy) is 2. The van der Waals surface area contributed by atoms with Gasteiger partial charge in [0.15, 0.2) is 6.10 Å². The zero-order valence-corrected chi connectivity index (χ0v) is 17.9. The van der Waals surface area contributed by atoms with Crippen molar-refractivity contribution in [3.8, 4) is 5.75 Å². The number of carbonyl (C=O) groups is 2. The molecule has 6 heteroatoms. The number of amides is 1. The summed E-state index contributed by atoms with van der Waals surface area (Å²) in [4.78, 5) is 29.3. The molecule has 0 N–H and O–H groups in total. The predicted octanol–water partition coefficient (Wildman–Crippen LogP) is 3.62. The van der Waals surface area contributed by atoms with E-state index in [0.717, 1.165) is 18.8 Å². The Kier molecular flexibility index (Phi) is 7.33. The fourth-order valence-electron chi connectivity index (χ4n) is 3.34. The lowest BCUT2D eigenvalue weighted by molar-refractivity contribution is -0.140. The molecular formula is C24H30N2O4. The minimum absolute atomic E-state index is 0.164. The molecule has 30 heavy (non-hydrogen) atoms. The number of para-hydroxylation sites is 1. The van der Waals surface area contributed by atoms with Gasteiger partial charge >= 0.3 is 5.97 Å². The second kappa shape index (κ2) is 10.1. The Bertz CT molecular complexity index is 845. The molecule has 6 nitrogen and oxygen atoms in total. The second-order valence-corrected chi connectivity index (χ2v) is 7.93. The first-order chi connectivity index (χ1) is 14.4. The van der Waals surface area contributed by atoms with E-state index in [1.165, 1.54) is 0 Å². The maximum atomic E-state index is 12.8. The Morgan fingerprint density at radius 1 is 0.933 bits per heavy atom. The number of hydrogen-bond donors (Lipinski definition) is 0. The summed E-state index contributed by atoms with van der Waals surface area (Å²) in [5.41, 5.74) is 1.54. The zero-order chi connectivity index (χ0) is 21.5. The molecule has 2 aromatic rings. The third-order valence-electron chi connectivity index (χ3n) is 5.00. The molecule has 0 radical (unpaired) electrons. The summed E-state index contributed by atoms with van der Waals surface area (Å²) < 4.78 is 11.1. The molecule has 0 aliphatic carbocycles. The standard InChI is InChI=1S/C24H30N2O4/c1-18(2)17-29-22-11-7-8-20(16-22)24(28)30-19(3)23(27)26-14-12-25(13-15-26)21-9-5-4-6-10-21/h4-11,16,18-19H,12-15,17H2,1-3H3/t19-/m0/s1. The molecule has 0 aromatic heterocycles. The summed E-state index contributed by atoms with van der Waals surface area (Å²) >= 11 is 0. The van der Waals surface area contributed by atoms with Gasteiger partial charge in [-0.1, -0.05) is 38.1 Å². The van der Waals surface area contributed by atoms with Gasteiger partial charge in [0.25, 0.3) is 5.91 Å². The maximum Gasteiger partial charge on any atom is 0.339 e. The third kappa shape index (κ3) is 5.75. The van der Waals surface area contributed by atoms with E-state index in [-0.39, 0.29) is 5.91 Å². The first-order valence-electron chi connectivity index (χ1n) is 10.5. The van der Waals surface area contributed by atoms with Gasteiger partial charge in [-0.15, -0.1) is 0 Å². The van der Waals surface area contributed by atoms with Crippen LogP contribution >= 0.6 is 0 Å². The van der Waals surface area contributed by atoms with Gasteiger partial charge in [0.05, 0.1) is 12.2 Å². The van der Waals surface area contributed by atoms with Crippen molar-refractivity contribution in [1.82, 2.24) is 4.90 Å². The molecule has 3 rings (SSSR count). The molecule has 0 spiro atoms. The van der Waals surface area contributed by atoms with E-state index in [1.807, 2.05) is 18.2 Å². The molecular weight excluding hydrogens is 380 g/mol. The highest BCUT2D eigenvalue weighted by molar-refractivity contribution is 5.92. The summed E-state index contributed by atoms with van der Waals surface area (Å²) in [5.74, 6) is 0.326. The molecule has 1 heterocycles. The predicted molar refractivity (Wildman–Crippen MR) is 117 cm³/mol. The number of rotatable bonds is 7. The number of hydrogen-bond acceptors (Lipinski definition) is 5. The summed E-state index contributed by atoms with van der Waals surface area (Å²) in [6.45, 7) is 9.04. The van der Waals surface area contributed by atoms with E-state index in [2.05, 4.69) is 30.9 Å². The molecule has 0 saturated carbocycles. The van der Waals surface area contributed by atoms with Crippen molar-refractivity contribution in [1.29, 1.82) is 0 Å². The van der Waals surface area contributed by atoms with Crippen LogP contribution in [0.25, 0.3) is 0 Å². The summed E-state index contributed by atoms with van der Waals surface area (Å²) in [6, 6.07) is 17.0. The quantitative estimate of drug-likeness (QED) is 0.653. The van der Waals surface area contributed by atoms with E-state index < -0.39 is 12.1 Å². The maximum absolute atomic E-state index is 12.8. The lowest BCUT2D eigenvalue weighted by Gasteiger charge is -2.37. The summed E-state index contributed by atoms with van der Waals surface area (Å²) in [5, 5.41) is 0. The number of carbonyl (C=O) groups excluding carboxylic acids is 2. The van der Waals surface area contributed by atoms with Crippen LogP contribution in [0.4, 0.5) is 5.69 Å². The van der Waals surface area contributed by atoms with Crippen LogP contribution < -0.4 is 9.64 Å². The van der Waals surface area contributed by atoms with Crippen LogP contribution in [0.5, 0.6) is 5.75 Å². The zero-order valence-electron chi connectivity index (χ0n) is 17.9. The Morgan fingerprint density at radius 3 is 2.30 bits per heavy atom. The lowest BCUT2D eigenvalue weighted by Crippen LogP contribution is -2.51. The Hall–Kier alpha value is -3.02. The molecule has 1 atom stereocenters. The molecule has 1 fully saturated rings. The van der Waals surface area contributed by atoms with Crippen LogP contribution in [0.2, 0.25) is 0 Å². The van der Waals surface area contributed by atoms with E-state index in [9.17, 15) is 9.59 Å². The van der Waals surface area contributed by atoms with Gasteiger partial charge in [0, 0.05) is 31.9 Å². The van der Waals surface area contributed by atoms with Gasteiger partial charge < -0.3 is 19.3 Å². The van der Waals surface area contributed by atoms with Crippen LogP contribution in [0.1, 0.15) is 31.1 Å².